The first-order chi connectivity index (χ1) is 10.1. The van der Waals surface area contributed by atoms with Crippen LogP contribution < -0.4 is 11.1 Å². The molecule has 2 rings (SSSR count). The average Bonchev–Trinajstić information content (AvgIpc) is 2.53. The molecule has 1 aliphatic rings. The molecule has 0 saturated carbocycles. The second-order valence-electron chi connectivity index (χ2n) is 6.55. The number of aliphatic imine (C=N–C) groups is 1. The summed E-state index contributed by atoms with van der Waals surface area (Å²) in [7, 11) is 0. The first-order valence-corrected chi connectivity index (χ1v) is 7.92. The second kappa shape index (κ2) is 7.46. The van der Waals surface area contributed by atoms with Crippen LogP contribution >= 0.6 is 0 Å². The van der Waals surface area contributed by atoms with E-state index in [1.165, 1.54) is 19.3 Å². The van der Waals surface area contributed by atoms with Crippen molar-refractivity contribution in [3.8, 4) is 0 Å². The number of guanidine groups is 1. The van der Waals surface area contributed by atoms with Crippen LogP contribution in [0.25, 0.3) is 0 Å². The summed E-state index contributed by atoms with van der Waals surface area (Å²) in [5.41, 5.74) is 6.95. The molecule has 1 heterocycles. The van der Waals surface area contributed by atoms with Crippen molar-refractivity contribution >= 4 is 11.6 Å². The molecule has 1 aliphatic heterocycles. The van der Waals surface area contributed by atoms with Crippen molar-refractivity contribution in [2.45, 2.75) is 33.1 Å². The minimum Gasteiger partial charge on any atom is -0.343 e. The highest BCUT2D eigenvalue weighted by atomic mass is 15.3. The fourth-order valence-electron chi connectivity index (χ4n) is 2.33. The molecular formula is C17H28N4. The van der Waals surface area contributed by atoms with E-state index in [1.807, 2.05) is 18.2 Å². The summed E-state index contributed by atoms with van der Waals surface area (Å²) in [5, 5.41) is 3.48. The SMILES string of the molecule is CC(C)(CN)CN=C(Nc1ccccc1)N1CCCCC1. The largest absolute Gasteiger partial charge is 0.343 e. The van der Waals surface area contributed by atoms with Crippen molar-refractivity contribution < 1.29 is 0 Å². The molecule has 21 heavy (non-hydrogen) atoms. The zero-order valence-corrected chi connectivity index (χ0v) is 13.3. The highest BCUT2D eigenvalue weighted by molar-refractivity contribution is 5.93. The van der Waals surface area contributed by atoms with Gasteiger partial charge in [-0.15, -0.1) is 0 Å². The molecule has 0 aromatic heterocycles. The van der Waals surface area contributed by atoms with Crippen LogP contribution in [0.4, 0.5) is 5.69 Å². The van der Waals surface area contributed by atoms with Gasteiger partial charge in [0.25, 0.3) is 0 Å². The van der Waals surface area contributed by atoms with E-state index in [0.29, 0.717) is 6.54 Å². The van der Waals surface area contributed by atoms with Gasteiger partial charge in [-0.3, -0.25) is 4.99 Å². The molecule has 116 valence electrons. The number of rotatable bonds is 4. The van der Waals surface area contributed by atoms with Gasteiger partial charge in [-0.2, -0.15) is 0 Å². The van der Waals surface area contributed by atoms with Crippen LogP contribution in [0.2, 0.25) is 0 Å². The van der Waals surface area contributed by atoms with Crippen molar-refractivity contribution in [1.82, 2.24) is 4.90 Å². The van der Waals surface area contributed by atoms with Crippen LogP contribution in [0.1, 0.15) is 33.1 Å². The van der Waals surface area contributed by atoms with Crippen molar-refractivity contribution in [1.29, 1.82) is 0 Å². The average molecular weight is 288 g/mol. The van der Waals surface area contributed by atoms with E-state index in [0.717, 1.165) is 31.3 Å². The van der Waals surface area contributed by atoms with Gasteiger partial charge in [-0.1, -0.05) is 32.0 Å². The summed E-state index contributed by atoms with van der Waals surface area (Å²) in [6.07, 6.45) is 3.81. The molecule has 0 amide bonds. The highest BCUT2D eigenvalue weighted by Crippen LogP contribution is 2.16. The molecule has 1 aromatic carbocycles. The standard InChI is InChI=1S/C17H28N4/c1-17(2,13-18)14-19-16(21-11-7-4-8-12-21)20-15-9-5-3-6-10-15/h3,5-6,9-10H,4,7-8,11-14,18H2,1-2H3,(H,19,20). The number of hydrogen-bond acceptors (Lipinski definition) is 2. The molecule has 3 N–H and O–H groups in total. The second-order valence-corrected chi connectivity index (χ2v) is 6.55. The maximum absolute atomic E-state index is 5.82. The summed E-state index contributed by atoms with van der Waals surface area (Å²) in [6, 6.07) is 10.3. The van der Waals surface area contributed by atoms with E-state index in [4.69, 9.17) is 10.7 Å². The number of para-hydroxylation sites is 1. The van der Waals surface area contributed by atoms with Crippen molar-refractivity contribution in [3.63, 3.8) is 0 Å². The van der Waals surface area contributed by atoms with Gasteiger partial charge in [-0.05, 0) is 43.4 Å². The van der Waals surface area contributed by atoms with E-state index >= 15 is 0 Å². The Morgan fingerprint density at radius 2 is 1.86 bits per heavy atom. The first kappa shape index (κ1) is 15.8. The van der Waals surface area contributed by atoms with Crippen molar-refractivity contribution in [3.05, 3.63) is 30.3 Å². The molecule has 0 aliphatic carbocycles. The Hall–Kier alpha value is -1.55. The fraction of sp³-hybridized carbons (Fsp3) is 0.588. The first-order valence-electron chi connectivity index (χ1n) is 7.92. The van der Waals surface area contributed by atoms with Gasteiger partial charge in [-0.25, -0.2) is 0 Å². The predicted octanol–water partition coefficient (Wildman–Crippen LogP) is 2.93. The minimum atomic E-state index is 0.0411. The lowest BCUT2D eigenvalue weighted by molar-refractivity contribution is 0.335. The highest BCUT2D eigenvalue weighted by Gasteiger charge is 2.18. The Kier molecular flexibility index (Phi) is 5.62. The van der Waals surface area contributed by atoms with Gasteiger partial charge in [0.15, 0.2) is 5.96 Å². The van der Waals surface area contributed by atoms with E-state index in [-0.39, 0.29) is 5.41 Å². The number of hydrogen-bond donors (Lipinski definition) is 2. The van der Waals surface area contributed by atoms with Crippen molar-refractivity contribution in [2.24, 2.45) is 16.1 Å². The molecule has 0 atom stereocenters. The molecule has 0 radical (unpaired) electrons. The number of anilines is 1. The fourth-order valence-corrected chi connectivity index (χ4v) is 2.33. The lowest BCUT2D eigenvalue weighted by Crippen LogP contribution is -2.41. The number of nitrogens with one attached hydrogen (secondary N) is 1. The van der Waals surface area contributed by atoms with Gasteiger partial charge in [0.05, 0.1) is 0 Å². The van der Waals surface area contributed by atoms with E-state index in [2.05, 4.69) is 36.2 Å². The van der Waals surface area contributed by atoms with Gasteiger partial charge < -0.3 is 16.0 Å². The molecule has 4 heteroatoms. The smallest absolute Gasteiger partial charge is 0.198 e. The van der Waals surface area contributed by atoms with Crippen LogP contribution in [0.3, 0.4) is 0 Å². The lowest BCUT2D eigenvalue weighted by Gasteiger charge is -2.31. The Morgan fingerprint density at radius 1 is 1.19 bits per heavy atom. The molecular weight excluding hydrogens is 260 g/mol. The molecule has 0 spiro atoms. The number of nitrogens with two attached hydrogens (primary N) is 1. The number of likely N-dealkylation sites (tertiary alicyclic amines) is 1. The van der Waals surface area contributed by atoms with Crippen molar-refractivity contribution in [2.75, 3.05) is 31.5 Å². The third kappa shape index (κ3) is 5.05. The summed E-state index contributed by atoms with van der Waals surface area (Å²) in [5.74, 6) is 0.988. The third-order valence-corrected chi connectivity index (χ3v) is 3.89. The minimum absolute atomic E-state index is 0.0411. The van der Waals surface area contributed by atoms with Crippen LogP contribution in [-0.4, -0.2) is 37.0 Å². The zero-order valence-electron chi connectivity index (χ0n) is 13.3. The maximum atomic E-state index is 5.82. The summed E-state index contributed by atoms with van der Waals surface area (Å²) in [4.78, 5) is 7.20. The lowest BCUT2D eigenvalue weighted by atomic mass is 9.94. The molecule has 0 bridgehead atoms. The van der Waals surface area contributed by atoms with Gasteiger partial charge in [0.1, 0.15) is 0 Å². The topological polar surface area (TPSA) is 53.6 Å². The molecule has 0 unspecified atom stereocenters. The number of piperidine rings is 1. The Morgan fingerprint density at radius 3 is 2.48 bits per heavy atom. The molecule has 4 nitrogen and oxygen atoms in total. The number of benzene rings is 1. The Labute approximate surface area is 128 Å². The van der Waals surface area contributed by atoms with Crippen LogP contribution in [-0.2, 0) is 0 Å². The quantitative estimate of drug-likeness (QED) is 0.661. The van der Waals surface area contributed by atoms with E-state index in [9.17, 15) is 0 Å². The summed E-state index contributed by atoms with van der Waals surface area (Å²) < 4.78 is 0. The van der Waals surface area contributed by atoms with Crippen LogP contribution in [0.5, 0.6) is 0 Å². The normalized spacial score (nSPS) is 16.9. The van der Waals surface area contributed by atoms with Gasteiger partial charge >= 0.3 is 0 Å². The molecule has 1 saturated heterocycles. The van der Waals surface area contributed by atoms with Gasteiger partial charge in [0, 0.05) is 25.3 Å². The molecule has 1 fully saturated rings. The summed E-state index contributed by atoms with van der Waals surface area (Å²) in [6.45, 7) is 7.88. The van der Waals surface area contributed by atoms with Crippen LogP contribution in [0.15, 0.2) is 35.3 Å². The van der Waals surface area contributed by atoms with Gasteiger partial charge in [0.2, 0.25) is 0 Å². The summed E-state index contributed by atoms with van der Waals surface area (Å²) >= 11 is 0. The molecule has 1 aromatic rings. The Bertz CT molecular complexity index is 447. The predicted molar refractivity (Wildman–Crippen MR) is 90.6 cm³/mol. The number of nitrogens with zero attached hydrogens (tertiary/aromatic N) is 2. The van der Waals surface area contributed by atoms with E-state index < -0.39 is 0 Å². The Balaban J connectivity index is 2.11. The third-order valence-electron chi connectivity index (χ3n) is 3.89. The zero-order chi connectivity index (χ0) is 15.1. The van der Waals surface area contributed by atoms with E-state index in [1.54, 1.807) is 0 Å². The van der Waals surface area contributed by atoms with Crippen LogP contribution in [0, 0.1) is 5.41 Å². The maximum Gasteiger partial charge on any atom is 0.198 e. The monoisotopic (exact) mass is 288 g/mol.